The van der Waals surface area contributed by atoms with Gasteiger partial charge in [-0.25, -0.2) is 0 Å². The molecule has 1 unspecified atom stereocenters. The highest BCUT2D eigenvalue weighted by atomic mass is 15.2. The topological polar surface area (TPSA) is 50.9 Å². The first-order valence-electron chi connectivity index (χ1n) is 6.76. The average molecular weight is 253 g/mol. The number of hydrogen-bond donors (Lipinski definition) is 2. The standard InChI is InChI=1S/C16H19N3/c17-19-15(12-13-6-10-18-11-7-13)16(8-9-16)14-4-2-1-3-5-14/h1-7,10-11,15,19H,8-9,12,17H2. The molecular formula is C16H19N3. The first-order chi connectivity index (χ1) is 9.35. The van der Waals surface area contributed by atoms with E-state index < -0.39 is 0 Å². The normalized spacial score (nSPS) is 17.9. The van der Waals surface area contributed by atoms with Gasteiger partial charge < -0.3 is 0 Å². The summed E-state index contributed by atoms with van der Waals surface area (Å²) in [6, 6.07) is 15.1. The Balaban J connectivity index is 1.83. The molecule has 1 aromatic carbocycles. The van der Waals surface area contributed by atoms with E-state index in [1.165, 1.54) is 24.0 Å². The van der Waals surface area contributed by atoms with Gasteiger partial charge in [-0.3, -0.25) is 16.3 Å². The number of rotatable bonds is 5. The molecule has 1 aliphatic carbocycles. The summed E-state index contributed by atoms with van der Waals surface area (Å²) in [6.45, 7) is 0. The van der Waals surface area contributed by atoms with Gasteiger partial charge in [0, 0.05) is 23.9 Å². The molecular weight excluding hydrogens is 234 g/mol. The molecule has 0 radical (unpaired) electrons. The molecule has 1 aliphatic rings. The molecule has 0 saturated heterocycles. The number of benzene rings is 1. The van der Waals surface area contributed by atoms with Crippen molar-refractivity contribution in [2.75, 3.05) is 0 Å². The smallest absolute Gasteiger partial charge is 0.0347 e. The number of hydrogen-bond acceptors (Lipinski definition) is 3. The number of nitrogens with zero attached hydrogens (tertiary/aromatic N) is 1. The number of aromatic nitrogens is 1. The van der Waals surface area contributed by atoms with Crippen LogP contribution in [-0.2, 0) is 11.8 Å². The number of pyridine rings is 1. The van der Waals surface area contributed by atoms with Gasteiger partial charge in [0.1, 0.15) is 0 Å². The van der Waals surface area contributed by atoms with E-state index in [1.807, 2.05) is 12.4 Å². The molecule has 3 heteroatoms. The Hall–Kier alpha value is -1.71. The van der Waals surface area contributed by atoms with Crippen LogP contribution in [0, 0.1) is 0 Å². The summed E-state index contributed by atoms with van der Waals surface area (Å²) in [6.07, 6.45) is 7.03. The minimum absolute atomic E-state index is 0.208. The van der Waals surface area contributed by atoms with E-state index in [0.29, 0.717) is 0 Å². The fourth-order valence-electron chi connectivity index (χ4n) is 2.91. The summed E-state index contributed by atoms with van der Waals surface area (Å²) in [5.74, 6) is 5.82. The quantitative estimate of drug-likeness (QED) is 0.634. The molecule has 1 aromatic heterocycles. The van der Waals surface area contributed by atoms with Crippen molar-refractivity contribution in [3.63, 3.8) is 0 Å². The molecule has 1 fully saturated rings. The van der Waals surface area contributed by atoms with Gasteiger partial charge in [-0.2, -0.15) is 0 Å². The Labute approximate surface area is 113 Å². The lowest BCUT2D eigenvalue weighted by Crippen LogP contribution is -2.45. The van der Waals surface area contributed by atoms with Crippen molar-refractivity contribution in [3.8, 4) is 0 Å². The van der Waals surface area contributed by atoms with E-state index in [4.69, 9.17) is 5.84 Å². The monoisotopic (exact) mass is 253 g/mol. The van der Waals surface area contributed by atoms with Crippen molar-refractivity contribution in [1.29, 1.82) is 0 Å². The Morgan fingerprint density at radius 1 is 1.11 bits per heavy atom. The third-order valence-electron chi connectivity index (χ3n) is 4.19. The van der Waals surface area contributed by atoms with Gasteiger partial charge in [0.05, 0.1) is 0 Å². The lowest BCUT2D eigenvalue weighted by Gasteiger charge is -2.27. The van der Waals surface area contributed by atoms with Crippen molar-refractivity contribution < 1.29 is 0 Å². The van der Waals surface area contributed by atoms with Crippen LogP contribution in [0.5, 0.6) is 0 Å². The van der Waals surface area contributed by atoms with Crippen molar-refractivity contribution in [2.45, 2.75) is 30.7 Å². The van der Waals surface area contributed by atoms with Crippen LogP contribution in [0.1, 0.15) is 24.0 Å². The van der Waals surface area contributed by atoms with Crippen LogP contribution < -0.4 is 11.3 Å². The summed E-state index contributed by atoms with van der Waals surface area (Å²) in [4.78, 5) is 4.06. The Morgan fingerprint density at radius 2 is 1.79 bits per heavy atom. The minimum Gasteiger partial charge on any atom is -0.271 e. The molecule has 98 valence electrons. The predicted molar refractivity (Wildman–Crippen MR) is 76.4 cm³/mol. The van der Waals surface area contributed by atoms with Crippen molar-refractivity contribution in [3.05, 3.63) is 66.0 Å². The molecule has 1 saturated carbocycles. The molecule has 0 amide bonds. The highest BCUT2D eigenvalue weighted by Gasteiger charge is 2.50. The lowest BCUT2D eigenvalue weighted by molar-refractivity contribution is 0.420. The van der Waals surface area contributed by atoms with Gasteiger partial charge in [-0.1, -0.05) is 30.3 Å². The molecule has 0 spiro atoms. The Bertz CT molecular complexity index is 520. The van der Waals surface area contributed by atoms with Crippen molar-refractivity contribution in [1.82, 2.24) is 10.4 Å². The summed E-state index contributed by atoms with van der Waals surface area (Å²) >= 11 is 0. The number of hydrazine groups is 1. The maximum absolute atomic E-state index is 5.82. The van der Waals surface area contributed by atoms with Crippen LogP contribution in [-0.4, -0.2) is 11.0 Å². The molecule has 3 N–H and O–H groups in total. The van der Waals surface area contributed by atoms with Crippen LogP contribution in [0.4, 0.5) is 0 Å². The first kappa shape index (κ1) is 12.3. The molecule has 0 bridgehead atoms. The fourth-order valence-corrected chi connectivity index (χ4v) is 2.91. The average Bonchev–Trinajstić information content (AvgIpc) is 3.28. The maximum atomic E-state index is 5.82. The van der Waals surface area contributed by atoms with Crippen molar-refractivity contribution >= 4 is 0 Å². The first-order valence-corrected chi connectivity index (χ1v) is 6.76. The predicted octanol–water partition coefficient (Wildman–Crippen LogP) is 2.19. The molecule has 2 aromatic rings. The van der Waals surface area contributed by atoms with Crippen LogP contribution in [0.3, 0.4) is 0 Å². The zero-order chi connectivity index (χ0) is 13.1. The largest absolute Gasteiger partial charge is 0.271 e. The summed E-state index contributed by atoms with van der Waals surface area (Å²) in [7, 11) is 0. The van der Waals surface area contributed by atoms with Gasteiger partial charge in [-0.15, -0.1) is 0 Å². The zero-order valence-electron chi connectivity index (χ0n) is 10.9. The van der Waals surface area contributed by atoms with Crippen LogP contribution >= 0.6 is 0 Å². The summed E-state index contributed by atoms with van der Waals surface area (Å²) < 4.78 is 0. The number of nitrogens with two attached hydrogens (primary N) is 1. The highest BCUT2D eigenvalue weighted by molar-refractivity contribution is 5.34. The molecule has 3 rings (SSSR count). The SMILES string of the molecule is NNC(Cc1ccncc1)C1(c2ccccc2)CC1. The molecule has 1 heterocycles. The van der Waals surface area contributed by atoms with E-state index in [0.717, 1.165) is 6.42 Å². The third-order valence-corrected chi connectivity index (χ3v) is 4.19. The summed E-state index contributed by atoms with van der Waals surface area (Å²) in [5.41, 5.74) is 5.91. The van der Waals surface area contributed by atoms with E-state index in [2.05, 4.69) is 52.9 Å². The number of nitrogens with one attached hydrogen (secondary N) is 1. The van der Waals surface area contributed by atoms with E-state index in [1.54, 1.807) is 0 Å². The van der Waals surface area contributed by atoms with Crippen LogP contribution in [0.15, 0.2) is 54.9 Å². The second-order valence-electron chi connectivity index (χ2n) is 5.30. The lowest BCUT2D eigenvalue weighted by atomic mass is 9.85. The Kier molecular flexibility index (Phi) is 3.32. The van der Waals surface area contributed by atoms with Gasteiger partial charge >= 0.3 is 0 Å². The Morgan fingerprint density at radius 3 is 2.37 bits per heavy atom. The second kappa shape index (κ2) is 5.11. The van der Waals surface area contributed by atoms with Gasteiger partial charge in [0.25, 0.3) is 0 Å². The molecule has 1 atom stereocenters. The van der Waals surface area contributed by atoms with E-state index in [-0.39, 0.29) is 11.5 Å². The molecule has 3 nitrogen and oxygen atoms in total. The van der Waals surface area contributed by atoms with Gasteiger partial charge in [0.2, 0.25) is 0 Å². The van der Waals surface area contributed by atoms with Crippen molar-refractivity contribution in [2.24, 2.45) is 5.84 Å². The summed E-state index contributed by atoms with van der Waals surface area (Å²) in [5, 5.41) is 0. The van der Waals surface area contributed by atoms with Crippen LogP contribution in [0.2, 0.25) is 0 Å². The fraction of sp³-hybridized carbons (Fsp3) is 0.312. The van der Waals surface area contributed by atoms with Gasteiger partial charge in [-0.05, 0) is 42.5 Å². The highest BCUT2D eigenvalue weighted by Crippen LogP contribution is 2.51. The minimum atomic E-state index is 0.208. The van der Waals surface area contributed by atoms with E-state index in [9.17, 15) is 0 Å². The van der Waals surface area contributed by atoms with Gasteiger partial charge in [0.15, 0.2) is 0 Å². The molecule has 19 heavy (non-hydrogen) atoms. The molecule has 0 aliphatic heterocycles. The zero-order valence-corrected chi connectivity index (χ0v) is 10.9. The van der Waals surface area contributed by atoms with Crippen LogP contribution in [0.25, 0.3) is 0 Å². The third kappa shape index (κ3) is 2.39. The second-order valence-corrected chi connectivity index (χ2v) is 5.30. The maximum Gasteiger partial charge on any atom is 0.0347 e. The van der Waals surface area contributed by atoms with E-state index >= 15 is 0 Å².